The van der Waals surface area contributed by atoms with Crippen molar-refractivity contribution in [3.8, 4) is 17.1 Å². The average Bonchev–Trinajstić information content (AvgIpc) is 3.57. The summed E-state index contributed by atoms with van der Waals surface area (Å²) in [5.74, 6) is -0.612. The van der Waals surface area contributed by atoms with E-state index in [4.69, 9.17) is 21.1 Å². The van der Waals surface area contributed by atoms with Gasteiger partial charge >= 0.3 is 0 Å². The summed E-state index contributed by atoms with van der Waals surface area (Å²) in [5, 5.41) is 6.00. The molecule has 2 aliphatic rings. The van der Waals surface area contributed by atoms with Crippen molar-refractivity contribution in [3.05, 3.63) is 57.2 Å². The number of allylic oxidation sites excluding steroid dienone is 1. The third-order valence-electron chi connectivity index (χ3n) is 7.84. The molecule has 2 fully saturated rings. The van der Waals surface area contributed by atoms with Gasteiger partial charge < -0.3 is 14.4 Å². The molecule has 1 aliphatic carbocycles. The zero-order valence-electron chi connectivity index (χ0n) is 23.0. The zero-order valence-corrected chi connectivity index (χ0v) is 23.7. The van der Waals surface area contributed by atoms with Crippen LogP contribution in [-0.2, 0) is 4.74 Å². The van der Waals surface area contributed by atoms with Crippen molar-refractivity contribution >= 4 is 39.5 Å². The summed E-state index contributed by atoms with van der Waals surface area (Å²) in [5.41, 5.74) is 1.85. The van der Waals surface area contributed by atoms with E-state index < -0.39 is 11.4 Å². The number of hydrogen-bond donors (Lipinski definition) is 1. The van der Waals surface area contributed by atoms with Gasteiger partial charge in [-0.05, 0) is 65.3 Å². The molecular weight excluding hydrogens is 533 g/mol. The number of hydrogen-bond acceptors (Lipinski definition) is 6. The number of benzene rings is 2. The predicted molar refractivity (Wildman–Crippen MR) is 155 cm³/mol. The van der Waals surface area contributed by atoms with E-state index in [1.54, 1.807) is 18.3 Å². The lowest BCUT2D eigenvalue weighted by Gasteiger charge is -2.24. The average molecular weight is 566 g/mol. The van der Waals surface area contributed by atoms with Crippen LogP contribution < -0.4 is 10.3 Å². The molecule has 4 aromatic rings. The van der Waals surface area contributed by atoms with Crippen LogP contribution in [0, 0.1) is 11.2 Å². The quantitative estimate of drug-likeness (QED) is 0.274. The monoisotopic (exact) mass is 565 g/mol. The second-order valence-electron chi connectivity index (χ2n) is 11.2. The first-order chi connectivity index (χ1) is 19.3. The van der Waals surface area contributed by atoms with Crippen LogP contribution in [-0.4, -0.2) is 58.5 Å². The molecule has 0 amide bonds. The summed E-state index contributed by atoms with van der Waals surface area (Å²) < 4.78 is 30.2. The van der Waals surface area contributed by atoms with Crippen molar-refractivity contribution < 1.29 is 13.9 Å². The Bertz CT molecular complexity index is 1670. The molecule has 6 rings (SSSR count). The van der Waals surface area contributed by atoms with Gasteiger partial charge in [0.1, 0.15) is 5.52 Å². The predicted octanol–water partition coefficient (Wildman–Crippen LogP) is 6.19. The van der Waals surface area contributed by atoms with E-state index in [1.807, 2.05) is 43.9 Å². The van der Waals surface area contributed by atoms with Crippen LogP contribution in [0.1, 0.15) is 50.8 Å². The molecule has 1 saturated heterocycles. The van der Waals surface area contributed by atoms with E-state index in [0.717, 1.165) is 49.6 Å². The lowest BCUT2D eigenvalue weighted by molar-refractivity contribution is -0.0366. The molecule has 210 valence electrons. The molecule has 10 heteroatoms. The highest BCUT2D eigenvalue weighted by atomic mass is 35.5. The molecule has 2 aromatic carbocycles. The number of rotatable bonds is 8. The molecule has 1 unspecified atom stereocenters. The summed E-state index contributed by atoms with van der Waals surface area (Å²) in [6.07, 6.45) is 10.2. The number of fused-ring (bicyclic) bond motifs is 2. The highest BCUT2D eigenvalue weighted by molar-refractivity contribution is 6.34. The number of aromatic amines is 1. The molecule has 1 aliphatic heterocycles. The van der Waals surface area contributed by atoms with Crippen molar-refractivity contribution in [1.29, 1.82) is 0 Å². The number of nitrogens with one attached hydrogen (secondary N) is 1. The Morgan fingerprint density at radius 2 is 2.12 bits per heavy atom. The standard InChI is InChI=1S/C30H33ClFN5O3/c1-4-7-18-22(31)14-23-21(15-33-37(23)24-8-5-6-13-39-24)25(18)19-9-10-20-27(26(19)32)34-29(35-28(20)38)40-17-30(11-12-30)16-36(2)3/h4,7,9-10,14-15,24H,5-6,8,11-13,16-17H2,1-3H3,(H,34,35,38)/b7-4-. The molecule has 40 heavy (non-hydrogen) atoms. The molecule has 8 nitrogen and oxygen atoms in total. The summed E-state index contributed by atoms with van der Waals surface area (Å²) in [6.45, 7) is 3.84. The normalized spacial score (nSPS) is 18.8. The fourth-order valence-electron chi connectivity index (χ4n) is 5.77. The van der Waals surface area contributed by atoms with Crippen LogP contribution >= 0.6 is 11.6 Å². The number of nitrogens with zero attached hydrogens (tertiary/aromatic N) is 4. The van der Waals surface area contributed by atoms with Crippen LogP contribution in [0.3, 0.4) is 0 Å². The van der Waals surface area contributed by atoms with E-state index in [-0.39, 0.29) is 34.1 Å². The van der Waals surface area contributed by atoms with Gasteiger partial charge in [0.15, 0.2) is 12.0 Å². The smallest absolute Gasteiger partial charge is 0.297 e. The number of ether oxygens (including phenoxy) is 2. The molecule has 0 bridgehead atoms. The van der Waals surface area contributed by atoms with Gasteiger partial charge in [0.25, 0.3) is 11.6 Å². The maximum Gasteiger partial charge on any atom is 0.297 e. The largest absolute Gasteiger partial charge is 0.464 e. The van der Waals surface area contributed by atoms with Crippen LogP contribution in [0.15, 0.2) is 35.3 Å². The molecule has 2 aromatic heterocycles. The summed E-state index contributed by atoms with van der Waals surface area (Å²) in [6, 6.07) is 5.08. The van der Waals surface area contributed by atoms with Crippen LogP contribution in [0.2, 0.25) is 5.02 Å². The minimum atomic E-state index is -0.612. The Morgan fingerprint density at radius 1 is 1.30 bits per heavy atom. The van der Waals surface area contributed by atoms with Gasteiger partial charge in [-0.1, -0.05) is 29.8 Å². The first kappa shape index (κ1) is 26.9. The highest BCUT2D eigenvalue weighted by Crippen LogP contribution is 2.46. The Kier molecular flexibility index (Phi) is 7.14. The van der Waals surface area contributed by atoms with Crippen molar-refractivity contribution in [3.63, 3.8) is 0 Å². The van der Waals surface area contributed by atoms with E-state index in [0.29, 0.717) is 29.4 Å². The van der Waals surface area contributed by atoms with E-state index in [9.17, 15) is 4.79 Å². The number of halogens is 2. The summed E-state index contributed by atoms with van der Waals surface area (Å²) in [4.78, 5) is 22.1. The molecule has 1 saturated carbocycles. The van der Waals surface area contributed by atoms with Crippen molar-refractivity contribution in [2.75, 3.05) is 33.9 Å². The first-order valence-electron chi connectivity index (χ1n) is 13.7. The minimum Gasteiger partial charge on any atom is -0.464 e. The van der Waals surface area contributed by atoms with Crippen molar-refractivity contribution in [2.24, 2.45) is 5.41 Å². The Labute approximate surface area is 236 Å². The second-order valence-corrected chi connectivity index (χ2v) is 11.6. The Hall–Kier alpha value is -3.27. The highest BCUT2D eigenvalue weighted by Gasteiger charge is 2.44. The Balaban J connectivity index is 1.47. The lowest BCUT2D eigenvalue weighted by atomic mass is 9.94. The minimum absolute atomic E-state index is 0.0192. The van der Waals surface area contributed by atoms with E-state index in [2.05, 4.69) is 20.0 Å². The molecule has 0 radical (unpaired) electrons. The third-order valence-corrected chi connectivity index (χ3v) is 8.16. The SMILES string of the molecule is C/C=C\c1c(Cl)cc2c(cnn2C2CCCCO2)c1-c1ccc2c(=O)[nH]c(OCC3(CN(C)C)CC3)nc2c1F. The van der Waals surface area contributed by atoms with Gasteiger partial charge in [-0.2, -0.15) is 10.1 Å². The molecule has 1 atom stereocenters. The summed E-state index contributed by atoms with van der Waals surface area (Å²) in [7, 11) is 4.04. The molecule has 0 spiro atoms. The first-order valence-corrected chi connectivity index (χ1v) is 14.1. The summed E-state index contributed by atoms with van der Waals surface area (Å²) >= 11 is 6.80. The third kappa shape index (κ3) is 4.91. The number of aromatic nitrogens is 4. The fraction of sp³-hybridized carbons (Fsp3) is 0.433. The van der Waals surface area contributed by atoms with Crippen molar-refractivity contribution in [2.45, 2.75) is 45.3 Å². The molecule has 1 N–H and O–H groups in total. The van der Waals surface area contributed by atoms with Crippen molar-refractivity contribution in [1.82, 2.24) is 24.6 Å². The Morgan fingerprint density at radius 3 is 2.83 bits per heavy atom. The maximum atomic E-state index is 16.4. The van der Waals surface area contributed by atoms with Gasteiger partial charge in [0.2, 0.25) is 0 Å². The van der Waals surface area contributed by atoms with E-state index >= 15 is 4.39 Å². The van der Waals surface area contributed by atoms with Crippen LogP contribution in [0.4, 0.5) is 4.39 Å². The molecular formula is C30H33ClFN5O3. The van der Waals surface area contributed by atoms with Gasteiger partial charge in [0.05, 0.1) is 28.7 Å². The van der Waals surface area contributed by atoms with Gasteiger partial charge in [-0.15, -0.1) is 0 Å². The zero-order chi connectivity index (χ0) is 28.0. The second kappa shape index (κ2) is 10.6. The number of H-pyrrole nitrogens is 1. The van der Waals surface area contributed by atoms with Gasteiger partial charge in [-0.25, -0.2) is 9.07 Å². The van der Waals surface area contributed by atoms with Crippen LogP contribution in [0.25, 0.3) is 39.0 Å². The lowest BCUT2D eigenvalue weighted by Crippen LogP contribution is -2.28. The van der Waals surface area contributed by atoms with E-state index in [1.165, 1.54) is 0 Å². The van der Waals surface area contributed by atoms with Gasteiger partial charge in [0, 0.05) is 40.6 Å². The maximum absolute atomic E-state index is 16.4. The fourth-order valence-corrected chi connectivity index (χ4v) is 6.03. The molecule has 3 heterocycles. The van der Waals surface area contributed by atoms with Crippen LogP contribution in [0.5, 0.6) is 6.01 Å². The van der Waals surface area contributed by atoms with Gasteiger partial charge in [-0.3, -0.25) is 9.78 Å². The topological polar surface area (TPSA) is 85.3 Å².